The van der Waals surface area contributed by atoms with Crippen LogP contribution < -0.4 is 10.6 Å². The first kappa shape index (κ1) is 14.2. The standard InChI is InChI=1S/C16H27FN2O/c1-13-6-14(2)8-15(3,7-13)11-16(9-13,10-14)19-12(20)18-5-4-17/h4-11H2,1-3H3,(H2,18,19,20). The van der Waals surface area contributed by atoms with Gasteiger partial charge in [-0.1, -0.05) is 20.8 Å². The first-order valence-electron chi connectivity index (χ1n) is 7.82. The van der Waals surface area contributed by atoms with Crippen molar-refractivity contribution >= 4 is 6.03 Å². The second kappa shape index (κ2) is 4.11. The van der Waals surface area contributed by atoms with Crippen molar-refractivity contribution in [3.63, 3.8) is 0 Å². The van der Waals surface area contributed by atoms with Crippen molar-refractivity contribution in [2.75, 3.05) is 13.2 Å². The summed E-state index contributed by atoms with van der Waals surface area (Å²) in [6.45, 7) is 6.76. The van der Waals surface area contributed by atoms with Crippen LogP contribution >= 0.6 is 0 Å². The topological polar surface area (TPSA) is 41.1 Å². The predicted octanol–water partition coefficient (Wildman–Crippen LogP) is 3.39. The number of hydrogen-bond acceptors (Lipinski definition) is 1. The summed E-state index contributed by atoms with van der Waals surface area (Å²) in [5.41, 5.74) is 0.982. The maximum Gasteiger partial charge on any atom is 0.315 e. The van der Waals surface area contributed by atoms with Crippen LogP contribution in [0.4, 0.5) is 9.18 Å². The lowest BCUT2D eigenvalue weighted by Crippen LogP contribution is -2.68. The van der Waals surface area contributed by atoms with Crippen molar-refractivity contribution in [1.82, 2.24) is 10.6 Å². The molecule has 0 aromatic carbocycles. The molecule has 4 heteroatoms. The lowest BCUT2D eigenvalue weighted by molar-refractivity contribution is -0.154. The Morgan fingerprint density at radius 1 is 0.950 bits per heavy atom. The molecule has 0 aliphatic heterocycles. The van der Waals surface area contributed by atoms with Gasteiger partial charge in [0.2, 0.25) is 0 Å². The molecule has 0 saturated heterocycles. The van der Waals surface area contributed by atoms with Gasteiger partial charge in [0.1, 0.15) is 6.67 Å². The van der Waals surface area contributed by atoms with Gasteiger partial charge >= 0.3 is 6.03 Å². The second-order valence-electron chi connectivity index (χ2n) is 8.84. The molecule has 20 heavy (non-hydrogen) atoms. The van der Waals surface area contributed by atoms with Crippen molar-refractivity contribution < 1.29 is 9.18 Å². The molecule has 2 amide bonds. The predicted molar refractivity (Wildman–Crippen MR) is 77.3 cm³/mol. The summed E-state index contributed by atoms with van der Waals surface area (Å²) >= 11 is 0. The van der Waals surface area contributed by atoms with Crippen molar-refractivity contribution in [1.29, 1.82) is 0 Å². The molecule has 4 bridgehead atoms. The SMILES string of the molecule is CC12CC3(C)CC(C)(C1)CC(NC(=O)NCCF)(C2)C3. The third-order valence-corrected chi connectivity index (χ3v) is 5.61. The Morgan fingerprint density at radius 3 is 1.80 bits per heavy atom. The Labute approximate surface area is 121 Å². The highest BCUT2D eigenvalue weighted by atomic mass is 19.1. The minimum atomic E-state index is -0.506. The minimum Gasteiger partial charge on any atom is -0.336 e. The summed E-state index contributed by atoms with van der Waals surface area (Å²) in [7, 11) is 0. The molecule has 4 aliphatic carbocycles. The van der Waals surface area contributed by atoms with Crippen LogP contribution in [0, 0.1) is 16.2 Å². The minimum absolute atomic E-state index is 0.0760. The molecule has 0 unspecified atom stereocenters. The second-order valence-corrected chi connectivity index (χ2v) is 8.84. The molecule has 114 valence electrons. The Morgan fingerprint density at radius 2 is 1.40 bits per heavy atom. The molecule has 0 aromatic rings. The number of alkyl halides is 1. The van der Waals surface area contributed by atoms with Gasteiger partial charge in [0.15, 0.2) is 0 Å². The fraction of sp³-hybridized carbons (Fsp3) is 0.938. The zero-order valence-corrected chi connectivity index (χ0v) is 12.9. The third kappa shape index (κ3) is 2.31. The van der Waals surface area contributed by atoms with E-state index in [-0.39, 0.29) is 18.1 Å². The van der Waals surface area contributed by atoms with E-state index >= 15 is 0 Å². The van der Waals surface area contributed by atoms with E-state index in [4.69, 9.17) is 0 Å². The van der Waals surface area contributed by atoms with Crippen LogP contribution in [-0.4, -0.2) is 24.8 Å². The average molecular weight is 282 g/mol. The lowest BCUT2D eigenvalue weighted by Gasteiger charge is -2.69. The van der Waals surface area contributed by atoms with Crippen LogP contribution in [0.2, 0.25) is 0 Å². The van der Waals surface area contributed by atoms with Crippen LogP contribution in [0.3, 0.4) is 0 Å². The van der Waals surface area contributed by atoms with E-state index in [9.17, 15) is 9.18 Å². The summed E-state index contributed by atoms with van der Waals surface area (Å²) in [5.74, 6) is 0. The van der Waals surface area contributed by atoms with Gasteiger partial charge in [-0.05, 0) is 54.8 Å². The van der Waals surface area contributed by atoms with Crippen LogP contribution in [-0.2, 0) is 0 Å². The maximum atomic E-state index is 12.2. The lowest BCUT2D eigenvalue weighted by atomic mass is 9.38. The molecule has 0 spiro atoms. The summed E-state index contributed by atoms with van der Waals surface area (Å²) in [4.78, 5) is 12.0. The third-order valence-electron chi connectivity index (χ3n) is 5.61. The van der Waals surface area contributed by atoms with E-state index < -0.39 is 6.67 Å². The van der Waals surface area contributed by atoms with Crippen molar-refractivity contribution in [2.24, 2.45) is 16.2 Å². The maximum absolute atomic E-state index is 12.2. The summed E-state index contributed by atoms with van der Waals surface area (Å²) < 4.78 is 12.2. The van der Waals surface area contributed by atoms with E-state index in [1.807, 2.05) is 0 Å². The van der Waals surface area contributed by atoms with Gasteiger partial charge in [0, 0.05) is 12.1 Å². The van der Waals surface area contributed by atoms with Crippen molar-refractivity contribution in [3.8, 4) is 0 Å². The molecule has 0 heterocycles. The Hall–Kier alpha value is -0.800. The van der Waals surface area contributed by atoms with E-state index in [1.54, 1.807) is 0 Å². The highest BCUT2D eigenvalue weighted by molar-refractivity contribution is 5.75. The van der Waals surface area contributed by atoms with Crippen LogP contribution in [0.15, 0.2) is 0 Å². The van der Waals surface area contributed by atoms with Crippen molar-refractivity contribution in [3.05, 3.63) is 0 Å². The van der Waals surface area contributed by atoms with Gasteiger partial charge in [-0.15, -0.1) is 0 Å². The Bertz CT molecular complexity index is 383. The van der Waals surface area contributed by atoms with Crippen LogP contribution in [0.5, 0.6) is 0 Å². The molecule has 0 aromatic heterocycles. The van der Waals surface area contributed by atoms with Crippen molar-refractivity contribution in [2.45, 2.75) is 64.8 Å². The number of carbonyl (C=O) groups excluding carboxylic acids is 1. The van der Waals surface area contributed by atoms with Crippen LogP contribution in [0.1, 0.15) is 59.3 Å². The zero-order chi connectivity index (χ0) is 14.6. The highest BCUT2D eigenvalue weighted by Gasteiger charge is 2.64. The highest BCUT2D eigenvalue weighted by Crippen LogP contribution is 2.70. The number of urea groups is 1. The van der Waals surface area contributed by atoms with E-state index in [0.717, 1.165) is 19.3 Å². The first-order chi connectivity index (χ1) is 9.20. The number of carbonyl (C=O) groups is 1. The molecule has 4 rings (SSSR count). The van der Waals surface area contributed by atoms with Gasteiger partial charge in [0.25, 0.3) is 0 Å². The quantitative estimate of drug-likeness (QED) is 0.818. The summed E-state index contributed by atoms with van der Waals surface area (Å²) in [6, 6.07) is -0.194. The molecule has 2 N–H and O–H groups in total. The molecule has 0 atom stereocenters. The monoisotopic (exact) mass is 282 g/mol. The molecular formula is C16H27FN2O. The van der Waals surface area contributed by atoms with Gasteiger partial charge in [-0.3, -0.25) is 0 Å². The van der Waals surface area contributed by atoms with Gasteiger partial charge in [-0.2, -0.15) is 0 Å². The summed E-state index contributed by atoms with van der Waals surface area (Å²) in [5, 5.41) is 5.84. The number of hydrogen-bond donors (Lipinski definition) is 2. The van der Waals surface area contributed by atoms with E-state index in [2.05, 4.69) is 31.4 Å². The fourth-order valence-electron chi connectivity index (χ4n) is 6.87. The zero-order valence-electron chi connectivity index (χ0n) is 12.9. The van der Waals surface area contributed by atoms with E-state index in [0.29, 0.717) is 16.2 Å². The van der Waals surface area contributed by atoms with Gasteiger partial charge < -0.3 is 10.6 Å². The van der Waals surface area contributed by atoms with Gasteiger partial charge in [0.05, 0.1) is 0 Å². The number of halogens is 1. The summed E-state index contributed by atoms with van der Waals surface area (Å²) in [6.07, 6.45) is 7.08. The smallest absolute Gasteiger partial charge is 0.315 e. The molecule has 3 nitrogen and oxygen atoms in total. The molecule has 4 fully saturated rings. The molecular weight excluding hydrogens is 255 g/mol. The molecule has 4 saturated carbocycles. The van der Waals surface area contributed by atoms with E-state index in [1.165, 1.54) is 19.3 Å². The average Bonchev–Trinajstić information content (AvgIpc) is 2.18. The van der Waals surface area contributed by atoms with Gasteiger partial charge in [-0.25, -0.2) is 9.18 Å². The molecule has 0 radical (unpaired) electrons. The largest absolute Gasteiger partial charge is 0.336 e. The van der Waals surface area contributed by atoms with Crippen LogP contribution in [0.25, 0.3) is 0 Å². The fourth-order valence-corrected chi connectivity index (χ4v) is 6.87. The number of amides is 2. The number of nitrogens with one attached hydrogen (secondary N) is 2. The normalized spacial score (nSPS) is 49.2. The number of rotatable bonds is 3. The Kier molecular flexibility index (Phi) is 2.91. The Balaban J connectivity index is 1.81. The molecule has 4 aliphatic rings. The first-order valence-corrected chi connectivity index (χ1v) is 7.82.